The molecule has 0 bridgehead atoms. The molecule has 1 amide bonds. The van der Waals surface area contributed by atoms with Crippen LogP contribution in [0.15, 0.2) is 24.3 Å². The highest BCUT2D eigenvalue weighted by Crippen LogP contribution is 2.40. The number of carbonyl (C=O) groups is 1. The van der Waals surface area contributed by atoms with Crippen molar-refractivity contribution in [1.29, 1.82) is 0 Å². The third kappa shape index (κ3) is 4.17. The standard InChI is InChI=1S/C19H23ClN2OS/c1-19(2,3)13-6-9-15-16(11-13)24-18(21-15)22-17(23)10-12-4-7-14(20)8-5-12/h4-5,7-8,13H,6,9-11H2,1-3H3,(H,21,22,23)/t13-/m1/s1. The first-order valence-corrected chi connectivity index (χ1v) is 9.53. The van der Waals surface area contributed by atoms with E-state index in [1.807, 2.05) is 12.1 Å². The molecule has 0 saturated carbocycles. The third-order valence-corrected chi connectivity index (χ3v) is 5.98. The summed E-state index contributed by atoms with van der Waals surface area (Å²) in [5.41, 5.74) is 2.44. The number of thiazole rings is 1. The smallest absolute Gasteiger partial charge is 0.230 e. The Morgan fingerprint density at radius 1 is 1.33 bits per heavy atom. The molecule has 5 heteroatoms. The van der Waals surface area contributed by atoms with Crippen LogP contribution in [0.1, 0.15) is 43.3 Å². The van der Waals surface area contributed by atoms with E-state index in [9.17, 15) is 4.79 Å². The quantitative estimate of drug-likeness (QED) is 0.822. The van der Waals surface area contributed by atoms with Gasteiger partial charge >= 0.3 is 0 Å². The molecule has 0 fully saturated rings. The van der Waals surface area contributed by atoms with Crippen LogP contribution in [0.25, 0.3) is 0 Å². The maximum Gasteiger partial charge on any atom is 0.230 e. The topological polar surface area (TPSA) is 42.0 Å². The number of hydrogen-bond acceptors (Lipinski definition) is 3. The number of aromatic nitrogens is 1. The van der Waals surface area contributed by atoms with E-state index >= 15 is 0 Å². The number of amides is 1. The molecule has 0 saturated heterocycles. The summed E-state index contributed by atoms with van der Waals surface area (Å²) in [5.74, 6) is 0.652. The Hall–Kier alpha value is -1.39. The molecular formula is C19H23ClN2OS. The van der Waals surface area contributed by atoms with Crippen LogP contribution >= 0.6 is 22.9 Å². The van der Waals surface area contributed by atoms with Gasteiger partial charge in [-0.3, -0.25) is 4.79 Å². The Balaban J connectivity index is 1.64. The molecule has 128 valence electrons. The van der Waals surface area contributed by atoms with Gasteiger partial charge in [-0.15, -0.1) is 11.3 Å². The summed E-state index contributed by atoms with van der Waals surface area (Å²) < 4.78 is 0. The van der Waals surface area contributed by atoms with Crippen molar-refractivity contribution in [2.45, 2.75) is 46.5 Å². The second-order valence-electron chi connectivity index (χ2n) is 7.55. The molecule has 1 heterocycles. The van der Waals surface area contributed by atoms with Gasteiger partial charge in [0.2, 0.25) is 5.91 Å². The van der Waals surface area contributed by atoms with Gasteiger partial charge in [0.25, 0.3) is 0 Å². The van der Waals surface area contributed by atoms with Gasteiger partial charge in [0.1, 0.15) is 0 Å². The fourth-order valence-electron chi connectivity index (χ4n) is 3.12. The van der Waals surface area contributed by atoms with Crippen molar-refractivity contribution in [2.24, 2.45) is 11.3 Å². The Morgan fingerprint density at radius 3 is 2.71 bits per heavy atom. The van der Waals surface area contributed by atoms with E-state index in [-0.39, 0.29) is 5.91 Å². The predicted octanol–water partition coefficient (Wildman–Crippen LogP) is 5.13. The average molecular weight is 363 g/mol. The van der Waals surface area contributed by atoms with Crippen LogP contribution in [0.5, 0.6) is 0 Å². The molecule has 0 spiro atoms. The van der Waals surface area contributed by atoms with Gasteiger partial charge in [-0.25, -0.2) is 4.98 Å². The summed E-state index contributed by atoms with van der Waals surface area (Å²) in [6.45, 7) is 6.91. The highest BCUT2D eigenvalue weighted by molar-refractivity contribution is 7.15. The number of benzene rings is 1. The lowest BCUT2D eigenvalue weighted by Gasteiger charge is -2.33. The van der Waals surface area contributed by atoms with E-state index in [4.69, 9.17) is 11.6 Å². The van der Waals surface area contributed by atoms with E-state index in [0.717, 1.165) is 23.5 Å². The van der Waals surface area contributed by atoms with Gasteiger partial charge in [0.15, 0.2) is 5.13 Å². The summed E-state index contributed by atoms with van der Waals surface area (Å²) in [6, 6.07) is 7.36. The van der Waals surface area contributed by atoms with Crippen LogP contribution in [-0.4, -0.2) is 10.9 Å². The zero-order valence-corrected chi connectivity index (χ0v) is 15.9. The zero-order chi connectivity index (χ0) is 17.3. The number of rotatable bonds is 3. The van der Waals surface area contributed by atoms with Crippen molar-refractivity contribution in [2.75, 3.05) is 5.32 Å². The molecule has 1 atom stereocenters. The largest absolute Gasteiger partial charge is 0.302 e. The molecule has 1 aromatic carbocycles. The summed E-state index contributed by atoms with van der Waals surface area (Å²) in [4.78, 5) is 18.2. The highest BCUT2D eigenvalue weighted by atomic mass is 35.5. The molecule has 24 heavy (non-hydrogen) atoms. The number of carbonyl (C=O) groups excluding carboxylic acids is 1. The molecule has 0 unspecified atom stereocenters. The Bertz CT molecular complexity index is 731. The van der Waals surface area contributed by atoms with E-state index < -0.39 is 0 Å². The second kappa shape index (κ2) is 6.85. The van der Waals surface area contributed by atoms with Gasteiger partial charge in [0.05, 0.1) is 12.1 Å². The highest BCUT2D eigenvalue weighted by Gasteiger charge is 2.30. The van der Waals surface area contributed by atoms with Crippen molar-refractivity contribution >= 4 is 34.0 Å². The Morgan fingerprint density at radius 2 is 2.04 bits per heavy atom. The van der Waals surface area contributed by atoms with Crippen LogP contribution < -0.4 is 5.32 Å². The molecule has 2 aromatic rings. The number of aryl methyl sites for hydroxylation is 1. The normalized spacial score (nSPS) is 17.4. The van der Waals surface area contributed by atoms with E-state index in [2.05, 4.69) is 31.1 Å². The van der Waals surface area contributed by atoms with Gasteiger partial charge in [-0.2, -0.15) is 0 Å². The Labute approximate surface area is 152 Å². The number of fused-ring (bicyclic) bond motifs is 1. The average Bonchev–Trinajstić information content (AvgIpc) is 2.89. The number of halogens is 1. The lowest BCUT2D eigenvalue weighted by Crippen LogP contribution is -2.26. The SMILES string of the molecule is CC(C)(C)[C@@H]1CCc2nc(NC(=O)Cc3ccc(Cl)cc3)sc2C1. The minimum Gasteiger partial charge on any atom is -0.302 e. The summed E-state index contributed by atoms with van der Waals surface area (Å²) >= 11 is 7.50. The van der Waals surface area contributed by atoms with Crippen molar-refractivity contribution < 1.29 is 4.79 Å². The molecule has 1 aliphatic rings. The predicted molar refractivity (Wildman–Crippen MR) is 101 cm³/mol. The first-order valence-electron chi connectivity index (χ1n) is 8.34. The van der Waals surface area contributed by atoms with Crippen LogP contribution in [0, 0.1) is 11.3 Å². The monoisotopic (exact) mass is 362 g/mol. The molecule has 0 aliphatic heterocycles. The van der Waals surface area contributed by atoms with Gasteiger partial charge in [-0.05, 0) is 48.3 Å². The summed E-state index contributed by atoms with van der Waals surface area (Å²) in [7, 11) is 0. The van der Waals surface area contributed by atoms with Crippen molar-refractivity contribution in [3.63, 3.8) is 0 Å². The maximum absolute atomic E-state index is 12.2. The molecule has 0 radical (unpaired) electrons. The van der Waals surface area contributed by atoms with Crippen LogP contribution in [0.4, 0.5) is 5.13 Å². The number of anilines is 1. The van der Waals surface area contributed by atoms with Crippen LogP contribution in [-0.2, 0) is 24.1 Å². The Kier molecular flexibility index (Phi) is 4.97. The van der Waals surface area contributed by atoms with Crippen LogP contribution in [0.3, 0.4) is 0 Å². The van der Waals surface area contributed by atoms with E-state index in [0.29, 0.717) is 22.8 Å². The third-order valence-electron chi connectivity index (χ3n) is 4.69. The zero-order valence-electron chi connectivity index (χ0n) is 14.4. The van der Waals surface area contributed by atoms with Crippen molar-refractivity contribution in [3.8, 4) is 0 Å². The second-order valence-corrected chi connectivity index (χ2v) is 9.07. The number of nitrogens with one attached hydrogen (secondary N) is 1. The van der Waals surface area contributed by atoms with Crippen molar-refractivity contribution in [3.05, 3.63) is 45.4 Å². The van der Waals surface area contributed by atoms with Gasteiger partial charge in [0, 0.05) is 9.90 Å². The summed E-state index contributed by atoms with van der Waals surface area (Å²) in [6.07, 6.45) is 3.61. The maximum atomic E-state index is 12.2. The fourth-order valence-corrected chi connectivity index (χ4v) is 4.35. The first-order chi connectivity index (χ1) is 11.3. The van der Waals surface area contributed by atoms with Crippen LogP contribution in [0.2, 0.25) is 5.02 Å². The lowest BCUT2D eigenvalue weighted by molar-refractivity contribution is -0.115. The molecule has 3 rings (SSSR count). The molecule has 1 aliphatic carbocycles. The van der Waals surface area contributed by atoms with E-state index in [1.54, 1.807) is 23.5 Å². The molecule has 1 aromatic heterocycles. The molecule has 3 nitrogen and oxygen atoms in total. The minimum absolute atomic E-state index is 0.0317. The van der Waals surface area contributed by atoms with Crippen molar-refractivity contribution in [1.82, 2.24) is 4.98 Å². The minimum atomic E-state index is -0.0317. The number of hydrogen-bond donors (Lipinski definition) is 1. The van der Waals surface area contributed by atoms with Gasteiger partial charge < -0.3 is 5.32 Å². The van der Waals surface area contributed by atoms with E-state index in [1.165, 1.54) is 17.0 Å². The molecular weight excluding hydrogens is 340 g/mol. The molecule has 1 N–H and O–H groups in total. The first kappa shape index (κ1) is 17.4. The van der Waals surface area contributed by atoms with Gasteiger partial charge in [-0.1, -0.05) is 44.5 Å². The fraction of sp³-hybridized carbons (Fsp3) is 0.474. The lowest BCUT2D eigenvalue weighted by atomic mass is 9.73. The number of nitrogens with zero attached hydrogens (tertiary/aromatic N) is 1. The summed E-state index contributed by atoms with van der Waals surface area (Å²) in [5, 5.41) is 4.36.